The topological polar surface area (TPSA) is 45.8 Å². The number of benzene rings is 3. The molecule has 7 heteroatoms. The average molecular weight is 438 g/mol. The van der Waals surface area contributed by atoms with Crippen LogP contribution in [-0.4, -0.2) is 13.3 Å². The van der Waals surface area contributed by atoms with Crippen molar-refractivity contribution in [2.24, 2.45) is 5.92 Å². The number of fused-ring (bicyclic) bond motifs is 4. The third kappa shape index (κ3) is 3.31. The molecule has 0 amide bonds. The van der Waals surface area contributed by atoms with Crippen LogP contribution >= 0.6 is 11.6 Å². The third-order valence-electron chi connectivity index (χ3n) is 6.40. The molecule has 6 rings (SSSR count). The first-order valence-corrected chi connectivity index (χ1v) is 10.7. The lowest BCUT2D eigenvalue weighted by molar-refractivity contribution is 0.174. The lowest BCUT2D eigenvalue weighted by Gasteiger charge is -2.39. The van der Waals surface area contributed by atoms with Crippen LogP contribution in [0.1, 0.15) is 28.8 Å². The molecule has 158 valence electrons. The number of nitrogens with zero attached hydrogens (tertiary/aromatic N) is 1. The lowest BCUT2D eigenvalue weighted by Crippen LogP contribution is -2.39. The maximum atomic E-state index is 13.4. The fourth-order valence-electron chi connectivity index (χ4n) is 4.89. The highest BCUT2D eigenvalue weighted by atomic mass is 35.5. The van der Waals surface area contributed by atoms with E-state index in [1.54, 1.807) is 0 Å². The van der Waals surface area contributed by atoms with E-state index in [0.29, 0.717) is 6.54 Å². The zero-order valence-electron chi connectivity index (χ0n) is 16.6. The van der Waals surface area contributed by atoms with Crippen molar-refractivity contribution in [2.45, 2.75) is 18.6 Å². The number of hydrogen-bond acceptors (Lipinski definition) is 5. The molecule has 0 spiro atoms. The van der Waals surface area contributed by atoms with Gasteiger partial charge in [0.1, 0.15) is 5.82 Å². The van der Waals surface area contributed by atoms with Gasteiger partial charge in [0.2, 0.25) is 6.79 Å². The van der Waals surface area contributed by atoms with Crippen LogP contribution < -0.4 is 25.2 Å². The first-order chi connectivity index (χ1) is 15.2. The van der Waals surface area contributed by atoms with E-state index in [-0.39, 0.29) is 30.6 Å². The minimum atomic E-state index is -0.224. The Balaban J connectivity index is 1.39. The molecule has 1 fully saturated rings. The van der Waals surface area contributed by atoms with Gasteiger partial charge in [-0.05, 0) is 47.0 Å². The van der Waals surface area contributed by atoms with Crippen molar-refractivity contribution in [1.82, 2.24) is 10.9 Å². The fraction of sp³-hybridized carbons (Fsp3) is 0.250. The number of ether oxygens (including phenoxy) is 2. The first-order valence-electron chi connectivity index (χ1n) is 10.4. The van der Waals surface area contributed by atoms with Crippen molar-refractivity contribution in [3.63, 3.8) is 0 Å². The van der Waals surface area contributed by atoms with Crippen LogP contribution in [0.15, 0.2) is 60.7 Å². The lowest BCUT2D eigenvalue weighted by atomic mass is 9.81. The largest absolute Gasteiger partial charge is 0.454 e. The summed E-state index contributed by atoms with van der Waals surface area (Å²) in [6.45, 7) is 1.76. The summed E-state index contributed by atoms with van der Waals surface area (Å²) >= 11 is 6.10. The SMILES string of the molecule is Fc1ccc(CN2CC3C(c4ccc(Cl)cc4)NNC3c3cc4c(cc32)OCO4)cc1. The van der Waals surface area contributed by atoms with Crippen LogP contribution in [0.5, 0.6) is 11.5 Å². The third-order valence-corrected chi connectivity index (χ3v) is 6.65. The Bertz CT molecular complexity index is 1120. The molecular formula is C24H21ClFN3O2. The van der Waals surface area contributed by atoms with Gasteiger partial charge in [0.05, 0.1) is 12.1 Å². The van der Waals surface area contributed by atoms with Gasteiger partial charge >= 0.3 is 0 Å². The molecule has 0 aliphatic carbocycles. The minimum Gasteiger partial charge on any atom is -0.454 e. The minimum absolute atomic E-state index is 0.134. The summed E-state index contributed by atoms with van der Waals surface area (Å²) < 4.78 is 24.7. The van der Waals surface area contributed by atoms with Crippen LogP contribution in [0.25, 0.3) is 0 Å². The molecule has 0 bridgehead atoms. The normalized spacial score (nSPS) is 23.5. The molecule has 0 saturated carbocycles. The van der Waals surface area contributed by atoms with E-state index in [4.69, 9.17) is 21.1 Å². The van der Waals surface area contributed by atoms with E-state index in [0.717, 1.165) is 34.3 Å². The predicted molar refractivity (Wildman–Crippen MR) is 117 cm³/mol. The van der Waals surface area contributed by atoms with E-state index in [2.05, 4.69) is 40.0 Å². The number of rotatable bonds is 3. The number of hydrogen-bond donors (Lipinski definition) is 2. The van der Waals surface area contributed by atoms with Gasteiger partial charge in [-0.3, -0.25) is 0 Å². The quantitative estimate of drug-likeness (QED) is 0.620. The van der Waals surface area contributed by atoms with Crippen LogP contribution in [0.4, 0.5) is 10.1 Å². The van der Waals surface area contributed by atoms with E-state index in [9.17, 15) is 4.39 Å². The molecule has 0 aromatic heterocycles. The number of hydrazine groups is 1. The van der Waals surface area contributed by atoms with Crippen molar-refractivity contribution >= 4 is 17.3 Å². The van der Waals surface area contributed by atoms with Crippen molar-refractivity contribution in [3.05, 3.63) is 88.2 Å². The van der Waals surface area contributed by atoms with Crippen LogP contribution in [0, 0.1) is 11.7 Å². The Hall–Kier alpha value is -2.80. The smallest absolute Gasteiger partial charge is 0.231 e. The Morgan fingerprint density at radius 3 is 2.42 bits per heavy atom. The second-order valence-electron chi connectivity index (χ2n) is 8.23. The van der Waals surface area contributed by atoms with Gasteiger partial charge in [0.15, 0.2) is 11.5 Å². The van der Waals surface area contributed by atoms with Gasteiger partial charge in [0, 0.05) is 35.8 Å². The zero-order valence-corrected chi connectivity index (χ0v) is 17.4. The number of nitrogens with one attached hydrogen (secondary N) is 2. The highest BCUT2D eigenvalue weighted by molar-refractivity contribution is 6.30. The molecule has 3 aliphatic rings. The summed E-state index contributed by atoms with van der Waals surface area (Å²) in [4.78, 5) is 2.35. The van der Waals surface area contributed by atoms with Crippen molar-refractivity contribution in [3.8, 4) is 11.5 Å². The van der Waals surface area contributed by atoms with E-state index >= 15 is 0 Å². The summed E-state index contributed by atoms with van der Waals surface area (Å²) in [6, 6.07) is 19.1. The molecule has 3 atom stereocenters. The molecule has 3 unspecified atom stereocenters. The second-order valence-corrected chi connectivity index (χ2v) is 8.67. The van der Waals surface area contributed by atoms with Crippen LogP contribution in [0.2, 0.25) is 5.02 Å². The van der Waals surface area contributed by atoms with Gasteiger partial charge in [-0.15, -0.1) is 0 Å². The monoisotopic (exact) mass is 437 g/mol. The fourth-order valence-corrected chi connectivity index (χ4v) is 5.01. The summed E-state index contributed by atoms with van der Waals surface area (Å²) in [5.41, 5.74) is 11.5. The van der Waals surface area contributed by atoms with Gasteiger partial charge in [-0.1, -0.05) is 35.9 Å². The zero-order chi connectivity index (χ0) is 20.9. The van der Waals surface area contributed by atoms with Crippen molar-refractivity contribution in [2.75, 3.05) is 18.2 Å². The summed E-state index contributed by atoms with van der Waals surface area (Å²) in [5.74, 6) is 1.60. The Morgan fingerprint density at radius 2 is 1.65 bits per heavy atom. The second kappa shape index (κ2) is 7.41. The molecule has 1 saturated heterocycles. The Morgan fingerprint density at radius 1 is 0.935 bits per heavy atom. The summed E-state index contributed by atoms with van der Waals surface area (Å²) in [7, 11) is 0. The summed E-state index contributed by atoms with van der Waals surface area (Å²) in [5, 5.41) is 0.728. The van der Waals surface area contributed by atoms with Gasteiger partial charge in [-0.25, -0.2) is 15.2 Å². The number of halogens is 2. The molecule has 3 heterocycles. The Labute approximate surface area is 184 Å². The van der Waals surface area contributed by atoms with Crippen LogP contribution in [-0.2, 0) is 6.54 Å². The Kier molecular flexibility index (Phi) is 4.52. The maximum absolute atomic E-state index is 13.4. The highest BCUT2D eigenvalue weighted by Gasteiger charge is 2.44. The van der Waals surface area contributed by atoms with E-state index in [1.807, 2.05) is 24.3 Å². The molecule has 0 radical (unpaired) electrons. The van der Waals surface area contributed by atoms with Gasteiger partial charge in [0.25, 0.3) is 0 Å². The first kappa shape index (κ1) is 18.9. The molecule has 2 N–H and O–H groups in total. The molecule has 5 nitrogen and oxygen atoms in total. The van der Waals surface area contributed by atoms with Gasteiger partial charge in [-0.2, -0.15) is 0 Å². The van der Waals surface area contributed by atoms with Crippen molar-refractivity contribution in [1.29, 1.82) is 0 Å². The predicted octanol–water partition coefficient (Wildman–Crippen LogP) is 4.73. The van der Waals surface area contributed by atoms with Gasteiger partial charge < -0.3 is 14.4 Å². The molecule has 3 aliphatic heterocycles. The summed E-state index contributed by atoms with van der Waals surface area (Å²) in [6.07, 6.45) is 0. The standard InChI is InChI=1S/C24H21ClFN3O2/c25-16-5-3-15(4-6-16)23-19-12-29(11-14-1-7-17(26)8-2-14)20-10-22-21(30-13-31-22)9-18(20)24(19)28-27-23/h1-10,19,23-24,27-28H,11-13H2. The van der Waals surface area contributed by atoms with E-state index in [1.165, 1.54) is 23.3 Å². The average Bonchev–Trinajstić information content (AvgIpc) is 3.41. The molecule has 3 aromatic rings. The van der Waals surface area contributed by atoms with Crippen molar-refractivity contribution < 1.29 is 13.9 Å². The number of anilines is 1. The molecule has 31 heavy (non-hydrogen) atoms. The highest BCUT2D eigenvalue weighted by Crippen LogP contribution is 2.49. The molecular weight excluding hydrogens is 417 g/mol. The van der Waals surface area contributed by atoms with E-state index < -0.39 is 0 Å². The maximum Gasteiger partial charge on any atom is 0.231 e. The van der Waals surface area contributed by atoms with Crippen LogP contribution in [0.3, 0.4) is 0 Å². The molecule has 3 aromatic carbocycles.